The van der Waals surface area contributed by atoms with Gasteiger partial charge < -0.3 is 9.47 Å². The highest BCUT2D eigenvalue weighted by atomic mass is 16.6. The van der Waals surface area contributed by atoms with Crippen LogP contribution in [0.3, 0.4) is 0 Å². The molecule has 1 unspecified atom stereocenters. The van der Waals surface area contributed by atoms with Gasteiger partial charge in [-0.2, -0.15) is 0 Å². The molecule has 1 rings (SSSR count). The highest BCUT2D eigenvalue weighted by Crippen LogP contribution is 2.23. The number of hydroxylamine groups is 2. The van der Waals surface area contributed by atoms with Gasteiger partial charge in [0.2, 0.25) is 0 Å². The molecule has 1 heterocycles. The molecule has 0 radical (unpaired) electrons. The van der Waals surface area contributed by atoms with Crippen LogP contribution in [-0.2, 0) is 14.3 Å². The zero-order valence-electron chi connectivity index (χ0n) is 7.24. The number of hydrogen-bond donors (Lipinski definition) is 1. The molecule has 0 saturated carbocycles. The molecule has 5 nitrogen and oxygen atoms in total. The van der Waals surface area contributed by atoms with Crippen LogP contribution in [0.2, 0.25) is 0 Å². The number of nitrogens with zero attached hydrogens (tertiary/aromatic N) is 1. The summed E-state index contributed by atoms with van der Waals surface area (Å²) in [6.45, 7) is 0.709. The maximum atomic E-state index is 11.4. The number of ether oxygens (including phenoxy) is 2. The lowest BCUT2D eigenvalue weighted by molar-refractivity contribution is -0.183. The van der Waals surface area contributed by atoms with Gasteiger partial charge in [-0.1, -0.05) is 0 Å². The molecule has 70 valence electrons. The first kappa shape index (κ1) is 9.44. The van der Waals surface area contributed by atoms with Crippen molar-refractivity contribution in [2.75, 3.05) is 27.4 Å². The molecule has 1 atom stereocenters. The Morgan fingerprint density at radius 1 is 1.75 bits per heavy atom. The summed E-state index contributed by atoms with van der Waals surface area (Å²) in [6, 6.07) is 0. The Hall–Kier alpha value is -0.650. The lowest BCUT2D eigenvalue weighted by Crippen LogP contribution is -2.48. The van der Waals surface area contributed by atoms with E-state index in [2.05, 4.69) is 0 Å². The molecule has 12 heavy (non-hydrogen) atoms. The van der Waals surface area contributed by atoms with Crippen LogP contribution in [0.1, 0.15) is 6.42 Å². The monoisotopic (exact) mass is 175 g/mol. The van der Waals surface area contributed by atoms with Crippen molar-refractivity contribution < 1.29 is 19.5 Å². The van der Waals surface area contributed by atoms with Gasteiger partial charge in [-0.05, 0) is 0 Å². The molecule has 1 amide bonds. The molecule has 1 aliphatic heterocycles. The van der Waals surface area contributed by atoms with Crippen molar-refractivity contribution in [3.8, 4) is 0 Å². The lowest BCUT2D eigenvalue weighted by atomic mass is 10.0. The molecule has 0 aromatic carbocycles. The van der Waals surface area contributed by atoms with Crippen LogP contribution < -0.4 is 0 Å². The van der Waals surface area contributed by atoms with E-state index in [9.17, 15) is 4.79 Å². The average molecular weight is 175 g/mol. The van der Waals surface area contributed by atoms with E-state index < -0.39 is 11.5 Å². The topological polar surface area (TPSA) is 59.0 Å². The number of likely N-dealkylation sites (N-methyl/N-ethyl adjacent to an activating group) is 1. The molecule has 0 spiro atoms. The first-order valence-corrected chi connectivity index (χ1v) is 3.72. The molecule has 5 heteroatoms. The summed E-state index contributed by atoms with van der Waals surface area (Å²) in [5.74, 6) is -0.456. The molecule has 1 fully saturated rings. The Morgan fingerprint density at radius 3 is 2.75 bits per heavy atom. The molecule has 1 saturated heterocycles. The van der Waals surface area contributed by atoms with Gasteiger partial charge in [0.1, 0.15) is 0 Å². The van der Waals surface area contributed by atoms with Crippen LogP contribution in [0.5, 0.6) is 0 Å². The van der Waals surface area contributed by atoms with Gasteiger partial charge in [-0.15, -0.1) is 0 Å². The summed E-state index contributed by atoms with van der Waals surface area (Å²) in [6.07, 6.45) is 0.493. The molecule has 0 aliphatic carbocycles. The molecule has 0 bridgehead atoms. The highest BCUT2D eigenvalue weighted by Gasteiger charge is 2.44. The minimum absolute atomic E-state index is 0.216. The number of amides is 1. The second-order valence-corrected chi connectivity index (χ2v) is 2.83. The van der Waals surface area contributed by atoms with E-state index in [0.29, 0.717) is 18.1 Å². The number of carbonyl (C=O) groups is 1. The van der Waals surface area contributed by atoms with Crippen LogP contribution in [-0.4, -0.2) is 49.1 Å². The maximum Gasteiger partial charge on any atom is 0.280 e. The van der Waals surface area contributed by atoms with Crippen molar-refractivity contribution in [2.24, 2.45) is 0 Å². The Labute approximate surface area is 70.8 Å². The zero-order chi connectivity index (χ0) is 9.19. The second-order valence-electron chi connectivity index (χ2n) is 2.83. The van der Waals surface area contributed by atoms with Crippen molar-refractivity contribution >= 4 is 5.91 Å². The van der Waals surface area contributed by atoms with Crippen molar-refractivity contribution in [3.05, 3.63) is 0 Å². The molecule has 0 aromatic heterocycles. The molecular weight excluding hydrogens is 162 g/mol. The summed E-state index contributed by atoms with van der Waals surface area (Å²) in [5, 5.41) is 9.47. The van der Waals surface area contributed by atoms with Gasteiger partial charge >= 0.3 is 0 Å². The van der Waals surface area contributed by atoms with E-state index in [1.807, 2.05) is 0 Å². The van der Waals surface area contributed by atoms with E-state index >= 15 is 0 Å². The first-order valence-electron chi connectivity index (χ1n) is 3.72. The minimum Gasteiger partial charge on any atom is -0.378 e. The van der Waals surface area contributed by atoms with Gasteiger partial charge in [-0.3, -0.25) is 10.0 Å². The number of hydrogen-bond acceptors (Lipinski definition) is 4. The van der Waals surface area contributed by atoms with Gasteiger partial charge in [0, 0.05) is 20.6 Å². The predicted octanol–water partition coefficient (Wildman–Crippen LogP) is -0.361. The highest BCUT2D eigenvalue weighted by molar-refractivity contribution is 5.84. The number of rotatable bonds is 2. The van der Waals surface area contributed by atoms with E-state index in [1.165, 1.54) is 14.2 Å². The van der Waals surface area contributed by atoms with Crippen molar-refractivity contribution in [3.63, 3.8) is 0 Å². The molecule has 1 N–H and O–H groups in total. The van der Waals surface area contributed by atoms with Gasteiger partial charge in [-0.25, -0.2) is 5.06 Å². The van der Waals surface area contributed by atoms with Gasteiger partial charge in [0.15, 0.2) is 5.60 Å². The van der Waals surface area contributed by atoms with Crippen molar-refractivity contribution in [2.45, 2.75) is 12.0 Å². The standard InChI is InChI=1S/C7H13NO4/c1-8(10)6(9)7(11-2)3-4-12-5-7/h10H,3-5H2,1-2H3. The van der Waals surface area contributed by atoms with Crippen molar-refractivity contribution in [1.29, 1.82) is 0 Å². The number of carbonyl (C=O) groups excluding carboxylic acids is 1. The summed E-state index contributed by atoms with van der Waals surface area (Å²) < 4.78 is 10.1. The zero-order valence-corrected chi connectivity index (χ0v) is 7.24. The van der Waals surface area contributed by atoms with Gasteiger partial charge in [0.25, 0.3) is 5.91 Å². The molecular formula is C7H13NO4. The van der Waals surface area contributed by atoms with Crippen LogP contribution in [0.4, 0.5) is 0 Å². The smallest absolute Gasteiger partial charge is 0.280 e. The Bertz CT molecular complexity index is 174. The second kappa shape index (κ2) is 3.38. The Balaban J connectivity index is 2.72. The summed E-state index contributed by atoms with van der Waals surface area (Å²) >= 11 is 0. The quantitative estimate of drug-likeness (QED) is 0.460. The van der Waals surface area contributed by atoms with Crippen LogP contribution in [0, 0.1) is 0 Å². The average Bonchev–Trinajstić information content (AvgIpc) is 2.52. The SMILES string of the molecule is COC1(C(=O)N(C)O)CCOC1. The summed E-state index contributed by atoms with van der Waals surface area (Å²) in [5.41, 5.74) is -0.969. The minimum atomic E-state index is -0.969. The Kier molecular flexibility index (Phi) is 2.66. The fraction of sp³-hybridized carbons (Fsp3) is 0.857. The first-order chi connectivity index (χ1) is 5.62. The summed E-state index contributed by atoms with van der Waals surface area (Å²) in [4.78, 5) is 11.4. The van der Waals surface area contributed by atoms with E-state index in [-0.39, 0.29) is 6.61 Å². The van der Waals surface area contributed by atoms with Crippen LogP contribution in [0.15, 0.2) is 0 Å². The normalized spacial score (nSPS) is 28.9. The molecule has 1 aliphatic rings. The Morgan fingerprint density at radius 2 is 2.42 bits per heavy atom. The van der Waals surface area contributed by atoms with Crippen LogP contribution >= 0.6 is 0 Å². The van der Waals surface area contributed by atoms with Crippen molar-refractivity contribution in [1.82, 2.24) is 5.06 Å². The summed E-state index contributed by atoms with van der Waals surface area (Å²) in [7, 11) is 2.72. The third-order valence-corrected chi connectivity index (χ3v) is 2.06. The maximum absolute atomic E-state index is 11.4. The van der Waals surface area contributed by atoms with E-state index in [0.717, 1.165) is 0 Å². The number of methoxy groups -OCH3 is 1. The lowest BCUT2D eigenvalue weighted by Gasteiger charge is -2.26. The third-order valence-electron chi connectivity index (χ3n) is 2.06. The molecule has 0 aromatic rings. The third kappa shape index (κ3) is 1.43. The largest absolute Gasteiger partial charge is 0.378 e. The fourth-order valence-electron chi connectivity index (χ4n) is 1.26. The van der Waals surface area contributed by atoms with Gasteiger partial charge in [0.05, 0.1) is 13.2 Å². The van der Waals surface area contributed by atoms with E-state index in [1.54, 1.807) is 0 Å². The predicted molar refractivity (Wildman–Crippen MR) is 39.7 cm³/mol. The fourth-order valence-corrected chi connectivity index (χ4v) is 1.26. The van der Waals surface area contributed by atoms with Crippen LogP contribution in [0.25, 0.3) is 0 Å². The van der Waals surface area contributed by atoms with E-state index in [4.69, 9.17) is 14.7 Å².